The maximum absolute atomic E-state index is 12.0. The van der Waals surface area contributed by atoms with Crippen molar-refractivity contribution in [1.29, 1.82) is 0 Å². The molecule has 1 rings (SSSR count). The van der Waals surface area contributed by atoms with Gasteiger partial charge in [-0.05, 0) is 26.3 Å². The van der Waals surface area contributed by atoms with Crippen molar-refractivity contribution in [3.63, 3.8) is 0 Å². The van der Waals surface area contributed by atoms with Gasteiger partial charge in [-0.2, -0.15) is 0 Å². The highest BCUT2D eigenvalue weighted by molar-refractivity contribution is 7.99. The van der Waals surface area contributed by atoms with Crippen LogP contribution < -0.4 is 10.6 Å². The van der Waals surface area contributed by atoms with E-state index in [1.165, 1.54) is 0 Å². The molecule has 0 bridgehead atoms. The molecule has 3 nitrogen and oxygen atoms in total. The summed E-state index contributed by atoms with van der Waals surface area (Å²) in [5.74, 6) is 4.34. The van der Waals surface area contributed by atoms with Crippen molar-refractivity contribution in [2.45, 2.75) is 19.8 Å². The summed E-state index contributed by atoms with van der Waals surface area (Å²) in [6, 6.07) is 0. The standard InChI is InChI=1S/C12H20N2OS/c1-3-8-16-9-7-14-11(15)12(2)5-4-6-13-10-12/h1,13H,4-10H2,2H3,(H,14,15). The number of carbonyl (C=O) groups is 1. The van der Waals surface area contributed by atoms with Gasteiger partial charge in [-0.3, -0.25) is 4.79 Å². The molecule has 0 aromatic rings. The monoisotopic (exact) mass is 240 g/mol. The van der Waals surface area contributed by atoms with Gasteiger partial charge >= 0.3 is 0 Å². The van der Waals surface area contributed by atoms with Gasteiger partial charge in [0.1, 0.15) is 0 Å². The van der Waals surface area contributed by atoms with Crippen LogP contribution in [0.25, 0.3) is 0 Å². The van der Waals surface area contributed by atoms with Gasteiger partial charge < -0.3 is 10.6 Å². The van der Waals surface area contributed by atoms with E-state index in [-0.39, 0.29) is 11.3 Å². The van der Waals surface area contributed by atoms with Crippen molar-refractivity contribution < 1.29 is 4.79 Å². The summed E-state index contributed by atoms with van der Waals surface area (Å²) in [4.78, 5) is 12.0. The number of carbonyl (C=O) groups excluding carboxylic acids is 1. The Hall–Kier alpha value is -0.660. The SMILES string of the molecule is C#CCSCCNC(=O)C1(C)CCCNC1. The molecule has 1 heterocycles. The Morgan fingerprint density at radius 1 is 1.69 bits per heavy atom. The number of thioether (sulfide) groups is 1. The topological polar surface area (TPSA) is 41.1 Å². The highest BCUT2D eigenvalue weighted by atomic mass is 32.2. The van der Waals surface area contributed by atoms with Crippen LogP contribution in [0, 0.1) is 17.8 Å². The third-order valence-electron chi connectivity index (χ3n) is 2.86. The minimum Gasteiger partial charge on any atom is -0.355 e. The summed E-state index contributed by atoms with van der Waals surface area (Å²) in [6.07, 6.45) is 7.20. The van der Waals surface area contributed by atoms with Crippen LogP contribution in [0.3, 0.4) is 0 Å². The van der Waals surface area contributed by atoms with E-state index in [1.54, 1.807) is 11.8 Å². The van der Waals surface area contributed by atoms with Crippen LogP contribution in [-0.2, 0) is 4.79 Å². The van der Waals surface area contributed by atoms with E-state index in [4.69, 9.17) is 6.42 Å². The normalized spacial score (nSPS) is 24.8. The van der Waals surface area contributed by atoms with Crippen molar-refractivity contribution in [3.8, 4) is 12.3 Å². The van der Waals surface area contributed by atoms with Gasteiger partial charge in [-0.15, -0.1) is 18.2 Å². The largest absolute Gasteiger partial charge is 0.355 e. The molecule has 1 amide bonds. The Bertz CT molecular complexity index is 267. The number of rotatable bonds is 5. The van der Waals surface area contributed by atoms with Crippen LogP contribution in [-0.4, -0.2) is 37.0 Å². The predicted octanol–water partition coefficient (Wildman–Crippen LogP) is 0.859. The smallest absolute Gasteiger partial charge is 0.227 e. The molecule has 1 unspecified atom stereocenters. The van der Waals surface area contributed by atoms with E-state index in [0.717, 1.165) is 31.7 Å². The van der Waals surface area contributed by atoms with E-state index in [9.17, 15) is 4.79 Å². The lowest BCUT2D eigenvalue weighted by atomic mass is 9.82. The summed E-state index contributed by atoms with van der Waals surface area (Å²) < 4.78 is 0. The molecular weight excluding hydrogens is 220 g/mol. The minimum atomic E-state index is -0.227. The van der Waals surface area contributed by atoms with Crippen LogP contribution in [0.4, 0.5) is 0 Å². The Kier molecular flexibility index (Phi) is 5.72. The summed E-state index contributed by atoms with van der Waals surface area (Å²) in [5, 5.41) is 6.26. The van der Waals surface area contributed by atoms with E-state index >= 15 is 0 Å². The Labute approximate surface area is 102 Å². The average Bonchev–Trinajstić information content (AvgIpc) is 2.29. The first-order valence-electron chi connectivity index (χ1n) is 5.69. The molecule has 16 heavy (non-hydrogen) atoms. The van der Waals surface area contributed by atoms with Crippen LogP contribution in [0.2, 0.25) is 0 Å². The third-order valence-corrected chi connectivity index (χ3v) is 3.73. The second-order valence-corrected chi connectivity index (χ2v) is 5.46. The van der Waals surface area contributed by atoms with Crippen molar-refractivity contribution in [2.24, 2.45) is 5.41 Å². The van der Waals surface area contributed by atoms with Gasteiger partial charge in [0.2, 0.25) is 5.91 Å². The molecule has 0 aliphatic carbocycles. The number of amides is 1. The molecule has 1 aliphatic rings. The highest BCUT2D eigenvalue weighted by Gasteiger charge is 2.34. The molecule has 1 atom stereocenters. The Balaban J connectivity index is 2.21. The number of hydrogen-bond acceptors (Lipinski definition) is 3. The average molecular weight is 240 g/mol. The number of terminal acetylenes is 1. The molecule has 0 radical (unpaired) electrons. The van der Waals surface area contributed by atoms with E-state index in [2.05, 4.69) is 16.6 Å². The Morgan fingerprint density at radius 3 is 3.12 bits per heavy atom. The zero-order valence-corrected chi connectivity index (χ0v) is 10.7. The third kappa shape index (κ3) is 4.07. The fraction of sp³-hybridized carbons (Fsp3) is 0.750. The lowest BCUT2D eigenvalue weighted by Gasteiger charge is -2.32. The molecule has 1 saturated heterocycles. The van der Waals surface area contributed by atoms with E-state index in [1.807, 2.05) is 6.92 Å². The first kappa shape index (κ1) is 13.4. The molecule has 1 aliphatic heterocycles. The maximum atomic E-state index is 12.0. The second kappa shape index (κ2) is 6.82. The van der Waals surface area contributed by atoms with Crippen LogP contribution >= 0.6 is 11.8 Å². The zero-order valence-electron chi connectivity index (χ0n) is 9.84. The van der Waals surface area contributed by atoms with Gasteiger partial charge in [0.15, 0.2) is 0 Å². The summed E-state index contributed by atoms with van der Waals surface area (Å²) >= 11 is 1.67. The fourth-order valence-corrected chi connectivity index (χ4v) is 2.34. The first-order valence-corrected chi connectivity index (χ1v) is 6.85. The molecular formula is C12H20N2OS. The zero-order chi connectivity index (χ0) is 11.9. The molecule has 0 aromatic carbocycles. The fourth-order valence-electron chi connectivity index (χ4n) is 1.83. The summed E-state index contributed by atoms with van der Waals surface area (Å²) in [6.45, 7) is 4.56. The number of hydrogen-bond donors (Lipinski definition) is 2. The quantitative estimate of drug-likeness (QED) is 0.553. The van der Waals surface area contributed by atoms with Crippen molar-refractivity contribution >= 4 is 17.7 Å². The van der Waals surface area contributed by atoms with Crippen LogP contribution in [0.15, 0.2) is 0 Å². The summed E-state index contributed by atoms with van der Waals surface area (Å²) in [7, 11) is 0. The molecule has 0 spiro atoms. The highest BCUT2D eigenvalue weighted by Crippen LogP contribution is 2.25. The molecule has 0 saturated carbocycles. The lowest BCUT2D eigenvalue weighted by Crippen LogP contribution is -2.49. The predicted molar refractivity (Wildman–Crippen MR) is 69.4 cm³/mol. The van der Waals surface area contributed by atoms with Gasteiger partial charge in [0.25, 0.3) is 0 Å². The van der Waals surface area contributed by atoms with Crippen molar-refractivity contribution in [2.75, 3.05) is 31.1 Å². The van der Waals surface area contributed by atoms with Crippen molar-refractivity contribution in [3.05, 3.63) is 0 Å². The Morgan fingerprint density at radius 2 is 2.50 bits per heavy atom. The van der Waals surface area contributed by atoms with E-state index < -0.39 is 0 Å². The lowest BCUT2D eigenvalue weighted by molar-refractivity contribution is -0.130. The molecule has 1 fully saturated rings. The molecule has 2 N–H and O–H groups in total. The molecule has 90 valence electrons. The van der Waals surface area contributed by atoms with Crippen molar-refractivity contribution in [1.82, 2.24) is 10.6 Å². The van der Waals surface area contributed by atoms with Crippen LogP contribution in [0.1, 0.15) is 19.8 Å². The molecule has 4 heteroatoms. The minimum absolute atomic E-state index is 0.168. The van der Waals surface area contributed by atoms with Gasteiger partial charge in [-0.25, -0.2) is 0 Å². The van der Waals surface area contributed by atoms with Crippen LogP contribution in [0.5, 0.6) is 0 Å². The number of nitrogens with one attached hydrogen (secondary N) is 2. The maximum Gasteiger partial charge on any atom is 0.227 e. The summed E-state index contributed by atoms with van der Waals surface area (Å²) in [5.41, 5.74) is -0.227. The van der Waals surface area contributed by atoms with Gasteiger partial charge in [0, 0.05) is 18.8 Å². The molecule has 0 aromatic heterocycles. The number of piperidine rings is 1. The first-order chi connectivity index (χ1) is 7.69. The second-order valence-electron chi connectivity index (χ2n) is 4.35. The van der Waals surface area contributed by atoms with E-state index in [0.29, 0.717) is 12.3 Å². The van der Waals surface area contributed by atoms with Gasteiger partial charge in [-0.1, -0.05) is 5.92 Å². The van der Waals surface area contributed by atoms with Gasteiger partial charge in [0.05, 0.1) is 11.2 Å².